The molecule has 1 amide bonds. The number of ether oxygens (including phenoxy) is 2. The topological polar surface area (TPSA) is 84.9 Å². The molecule has 0 spiro atoms. The molecule has 3 rings (SSSR count). The highest BCUT2D eigenvalue weighted by Crippen LogP contribution is 2.31. The van der Waals surface area contributed by atoms with Gasteiger partial charge < -0.3 is 14.8 Å². The van der Waals surface area contributed by atoms with Crippen molar-refractivity contribution in [1.82, 2.24) is 5.32 Å². The second-order valence-corrected chi connectivity index (χ2v) is 9.44. The normalized spacial score (nSPS) is 15.5. The summed E-state index contributed by atoms with van der Waals surface area (Å²) in [6.07, 6.45) is 1.43. The maximum atomic E-state index is 12.3. The highest BCUT2D eigenvalue weighted by Gasteiger charge is 2.22. The van der Waals surface area contributed by atoms with Crippen LogP contribution in [0.5, 0.6) is 11.5 Å². The zero-order chi connectivity index (χ0) is 21.7. The van der Waals surface area contributed by atoms with E-state index < -0.39 is 10.0 Å². The first kappa shape index (κ1) is 22.2. The maximum absolute atomic E-state index is 12.3. The standard InChI is InChI=1S/C21H25ClN2O5S/c1-15-17(22)7-5-8-18(15)24(30(2,26)27)12-6-11-21(25)23-13-16-14-28-19-9-3-4-10-20(19)29-16/h3-5,7-10,16H,6,11-14H2,1-2H3,(H,23,25). The Labute approximate surface area is 182 Å². The molecule has 2 aromatic carbocycles. The van der Waals surface area contributed by atoms with E-state index in [1.807, 2.05) is 24.3 Å². The molecule has 0 saturated heterocycles. The van der Waals surface area contributed by atoms with Gasteiger partial charge in [-0.1, -0.05) is 29.8 Å². The molecule has 0 fully saturated rings. The lowest BCUT2D eigenvalue weighted by molar-refractivity contribution is -0.121. The van der Waals surface area contributed by atoms with Gasteiger partial charge >= 0.3 is 0 Å². The van der Waals surface area contributed by atoms with Gasteiger partial charge in [-0.05, 0) is 43.2 Å². The number of carbonyl (C=O) groups is 1. The molecule has 162 valence electrons. The molecule has 9 heteroatoms. The zero-order valence-electron chi connectivity index (χ0n) is 16.9. The molecule has 0 radical (unpaired) electrons. The van der Waals surface area contributed by atoms with Gasteiger partial charge in [-0.3, -0.25) is 9.10 Å². The number of rotatable bonds is 8. The first-order chi connectivity index (χ1) is 14.3. The summed E-state index contributed by atoms with van der Waals surface area (Å²) < 4.78 is 37.2. The van der Waals surface area contributed by atoms with Crippen molar-refractivity contribution in [3.8, 4) is 11.5 Å². The minimum Gasteiger partial charge on any atom is -0.486 e. The first-order valence-electron chi connectivity index (χ1n) is 9.63. The highest BCUT2D eigenvalue weighted by atomic mass is 35.5. The SMILES string of the molecule is Cc1c(Cl)cccc1N(CCCC(=O)NCC1COc2ccccc2O1)S(C)(=O)=O. The van der Waals surface area contributed by atoms with Crippen molar-refractivity contribution in [1.29, 1.82) is 0 Å². The van der Waals surface area contributed by atoms with E-state index in [2.05, 4.69) is 5.32 Å². The van der Waals surface area contributed by atoms with E-state index in [0.29, 0.717) is 47.3 Å². The van der Waals surface area contributed by atoms with Crippen molar-refractivity contribution < 1.29 is 22.7 Å². The molecule has 0 saturated carbocycles. The number of hydrogen-bond acceptors (Lipinski definition) is 5. The van der Waals surface area contributed by atoms with Crippen molar-refractivity contribution in [3.63, 3.8) is 0 Å². The van der Waals surface area contributed by atoms with Gasteiger partial charge in [0.1, 0.15) is 12.7 Å². The van der Waals surface area contributed by atoms with Crippen LogP contribution in [0.3, 0.4) is 0 Å². The molecule has 1 atom stereocenters. The van der Waals surface area contributed by atoms with Gasteiger partial charge in [-0.15, -0.1) is 0 Å². The Morgan fingerprint density at radius 1 is 1.20 bits per heavy atom. The van der Waals surface area contributed by atoms with Crippen LogP contribution < -0.4 is 19.1 Å². The van der Waals surface area contributed by atoms with Crippen molar-refractivity contribution in [2.75, 3.05) is 30.3 Å². The molecule has 7 nitrogen and oxygen atoms in total. The third-order valence-electron chi connectivity index (χ3n) is 4.77. The number of carbonyl (C=O) groups excluding carboxylic acids is 1. The van der Waals surface area contributed by atoms with Crippen LogP contribution in [-0.2, 0) is 14.8 Å². The fraction of sp³-hybridized carbons (Fsp3) is 0.381. The van der Waals surface area contributed by atoms with E-state index in [0.717, 1.165) is 6.26 Å². The Morgan fingerprint density at radius 3 is 2.67 bits per heavy atom. The Kier molecular flexibility index (Phi) is 7.10. The van der Waals surface area contributed by atoms with E-state index in [-0.39, 0.29) is 25.0 Å². The summed E-state index contributed by atoms with van der Waals surface area (Å²) in [6, 6.07) is 12.5. The van der Waals surface area contributed by atoms with E-state index >= 15 is 0 Å². The molecule has 1 N–H and O–H groups in total. The predicted molar refractivity (Wildman–Crippen MR) is 117 cm³/mol. The lowest BCUT2D eigenvalue weighted by Gasteiger charge is -2.26. The van der Waals surface area contributed by atoms with Gasteiger partial charge in [-0.2, -0.15) is 0 Å². The van der Waals surface area contributed by atoms with E-state index in [9.17, 15) is 13.2 Å². The number of amides is 1. The number of hydrogen-bond donors (Lipinski definition) is 1. The van der Waals surface area contributed by atoms with E-state index in [1.54, 1.807) is 25.1 Å². The van der Waals surface area contributed by atoms with Gasteiger partial charge in [-0.25, -0.2) is 8.42 Å². The third-order valence-corrected chi connectivity index (χ3v) is 6.36. The summed E-state index contributed by atoms with van der Waals surface area (Å²) in [5.41, 5.74) is 1.21. The third kappa shape index (κ3) is 5.58. The molecule has 1 aliphatic rings. The number of anilines is 1. The lowest BCUT2D eigenvalue weighted by Crippen LogP contribution is -2.41. The molecule has 1 aliphatic heterocycles. The van der Waals surface area contributed by atoms with Crippen LogP contribution in [0.15, 0.2) is 42.5 Å². The number of halogens is 1. The van der Waals surface area contributed by atoms with E-state index in [4.69, 9.17) is 21.1 Å². The second kappa shape index (κ2) is 9.57. The second-order valence-electron chi connectivity index (χ2n) is 7.12. The molecule has 0 aromatic heterocycles. The quantitative estimate of drug-likeness (QED) is 0.665. The molecule has 0 bridgehead atoms. The largest absolute Gasteiger partial charge is 0.486 e. The Morgan fingerprint density at radius 2 is 1.93 bits per heavy atom. The zero-order valence-corrected chi connectivity index (χ0v) is 18.5. The lowest BCUT2D eigenvalue weighted by atomic mass is 10.2. The Balaban J connectivity index is 1.50. The molecule has 1 unspecified atom stereocenters. The van der Waals surface area contributed by atoms with Crippen LogP contribution in [0.2, 0.25) is 5.02 Å². The van der Waals surface area contributed by atoms with Crippen LogP contribution in [0.1, 0.15) is 18.4 Å². The van der Waals surface area contributed by atoms with E-state index in [1.165, 1.54) is 4.31 Å². The van der Waals surface area contributed by atoms with Crippen molar-refractivity contribution in [2.45, 2.75) is 25.9 Å². The number of para-hydroxylation sites is 2. The van der Waals surface area contributed by atoms with Crippen LogP contribution in [-0.4, -0.2) is 46.4 Å². The summed E-state index contributed by atoms with van der Waals surface area (Å²) >= 11 is 6.13. The highest BCUT2D eigenvalue weighted by molar-refractivity contribution is 7.92. The molecular weight excluding hydrogens is 428 g/mol. The van der Waals surface area contributed by atoms with Crippen LogP contribution >= 0.6 is 11.6 Å². The van der Waals surface area contributed by atoms with Crippen LogP contribution in [0, 0.1) is 6.92 Å². The average Bonchev–Trinajstić information content (AvgIpc) is 2.71. The molecule has 0 aliphatic carbocycles. The van der Waals surface area contributed by atoms with Crippen molar-refractivity contribution in [3.05, 3.63) is 53.1 Å². The minimum atomic E-state index is -3.51. The minimum absolute atomic E-state index is 0.172. The Hall–Kier alpha value is -2.45. The number of benzene rings is 2. The first-order valence-corrected chi connectivity index (χ1v) is 11.9. The van der Waals surface area contributed by atoms with Gasteiger partial charge in [0.2, 0.25) is 15.9 Å². The number of nitrogens with one attached hydrogen (secondary N) is 1. The monoisotopic (exact) mass is 452 g/mol. The van der Waals surface area contributed by atoms with Gasteiger partial charge in [0, 0.05) is 18.0 Å². The summed E-state index contributed by atoms with van der Waals surface area (Å²) in [5.74, 6) is 1.18. The molecular formula is C21H25ClN2O5S. The van der Waals surface area contributed by atoms with Crippen LogP contribution in [0.4, 0.5) is 5.69 Å². The van der Waals surface area contributed by atoms with Crippen LogP contribution in [0.25, 0.3) is 0 Å². The smallest absolute Gasteiger partial charge is 0.232 e. The predicted octanol–water partition coefficient (Wildman–Crippen LogP) is 3.15. The average molecular weight is 453 g/mol. The number of sulfonamides is 1. The maximum Gasteiger partial charge on any atom is 0.232 e. The number of nitrogens with zero attached hydrogens (tertiary/aromatic N) is 1. The summed E-state index contributed by atoms with van der Waals surface area (Å²) in [6.45, 7) is 2.63. The fourth-order valence-corrected chi connectivity index (χ4v) is 4.38. The van der Waals surface area contributed by atoms with Crippen molar-refractivity contribution in [2.24, 2.45) is 0 Å². The van der Waals surface area contributed by atoms with Gasteiger partial charge in [0.05, 0.1) is 18.5 Å². The molecule has 2 aromatic rings. The van der Waals surface area contributed by atoms with Gasteiger partial charge in [0.15, 0.2) is 11.5 Å². The summed E-state index contributed by atoms with van der Waals surface area (Å²) in [7, 11) is -3.51. The van der Waals surface area contributed by atoms with Crippen molar-refractivity contribution >= 4 is 33.2 Å². The Bertz CT molecular complexity index is 1010. The summed E-state index contributed by atoms with van der Waals surface area (Å²) in [4.78, 5) is 12.2. The fourth-order valence-electron chi connectivity index (χ4n) is 3.19. The number of fused-ring (bicyclic) bond motifs is 1. The van der Waals surface area contributed by atoms with Gasteiger partial charge in [0.25, 0.3) is 0 Å². The summed E-state index contributed by atoms with van der Waals surface area (Å²) in [5, 5.41) is 3.32. The molecule has 30 heavy (non-hydrogen) atoms. The molecule has 1 heterocycles.